The first-order valence-corrected chi connectivity index (χ1v) is 8.49. The van der Waals surface area contributed by atoms with Crippen LogP contribution in [0.1, 0.15) is 26.3 Å². The van der Waals surface area contributed by atoms with Gasteiger partial charge >= 0.3 is 5.97 Å². The van der Waals surface area contributed by atoms with Gasteiger partial charge < -0.3 is 9.47 Å². The van der Waals surface area contributed by atoms with Gasteiger partial charge in [-0.2, -0.15) is 0 Å². The van der Waals surface area contributed by atoms with E-state index >= 15 is 0 Å². The number of hydrogen-bond acceptors (Lipinski definition) is 4. The van der Waals surface area contributed by atoms with Crippen LogP contribution in [-0.4, -0.2) is 18.9 Å². The Balaban J connectivity index is 1.64. The smallest absolute Gasteiger partial charge is 0.343 e. The molecule has 0 aliphatic heterocycles. The zero-order valence-electron chi connectivity index (χ0n) is 15.1. The van der Waals surface area contributed by atoms with E-state index < -0.39 is 11.8 Å². The van der Waals surface area contributed by atoms with Gasteiger partial charge in [-0.1, -0.05) is 18.2 Å². The quantitative estimate of drug-likeness (QED) is 0.264. The molecule has 0 spiro atoms. The zero-order valence-corrected chi connectivity index (χ0v) is 15.1. The molecule has 28 heavy (non-hydrogen) atoms. The van der Waals surface area contributed by atoms with Crippen LogP contribution in [0.2, 0.25) is 0 Å². The molecule has 4 nitrogen and oxygen atoms in total. The minimum absolute atomic E-state index is 0.181. The summed E-state index contributed by atoms with van der Waals surface area (Å²) in [5.41, 5.74) is 1.54. The first kappa shape index (κ1) is 19.0. The highest BCUT2D eigenvalue weighted by atomic mass is 19.1. The van der Waals surface area contributed by atoms with Crippen LogP contribution in [0.5, 0.6) is 11.5 Å². The van der Waals surface area contributed by atoms with Gasteiger partial charge in [-0.05, 0) is 72.3 Å². The second kappa shape index (κ2) is 8.77. The fourth-order valence-corrected chi connectivity index (χ4v) is 2.45. The Labute approximate surface area is 161 Å². The van der Waals surface area contributed by atoms with Gasteiger partial charge in [-0.15, -0.1) is 0 Å². The van der Waals surface area contributed by atoms with Crippen molar-refractivity contribution >= 4 is 17.8 Å². The monoisotopic (exact) mass is 376 g/mol. The fraction of sp³-hybridized carbons (Fsp3) is 0.0435. The molecule has 0 N–H and O–H groups in total. The maximum absolute atomic E-state index is 12.9. The maximum atomic E-state index is 12.9. The lowest BCUT2D eigenvalue weighted by molar-refractivity contribution is 0.0734. The average Bonchev–Trinajstić information content (AvgIpc) is 2.73. The zero-order chi connectivity index (χ0) is 19.9. The van der Waals surface area contributed by atoms with E-state index in [0.717, 1.165) is 5.56 Å². The summed E-state index contributed by atoms with van der Waals surface area (Å²) < 4.78 is 23.3. The van der Waals surface area contributed by atoms with E-state index in [1.807, 2.05) is 24.3 Å². The summed E-state index contributed by atoms with van der Waals surface area (Å²) in [5.74, 6) is -0.206. The Bertz CT molecular complexity index is 1010. The summed E-state index contributed by atoms with van der Waals surface area (Å²) in [6.45, 7) is 0. The van der Waals surface area contributed by atoms with Crippen molar-refractivity contribution in [1.29, 1.82) is 0 Å². The topological polar surface area (TPSA) is 52.6 Å². The molecule has 5 heteroatoms. The summed E-state index contributed by atoms with van der Waals surface area (Å²) in [6, 6.07) is 18.6. The van der Waals surface area contributed by atoms with E-state index in [0.29, 0.717) is 17.1 Å². The number of ether oxygens (including phenoxy) is 2. The highest BCUT2D eigenvalue weighted by Gasteiger charge is 2.09. The number of allylic oxidation sites excluding steroid dienone is 1. The molecular formula is C23H17FO4. The molecule has 140 valence electrons. The molecule has 0 saturated heterocycles. The van der Waals surface area contributed by atoms with Crippen LogP contribution in [0.15, 0.2) is 78.9 Å². The molecule has 0 amide bonds. The fourth-order valence-electron chi connectivity index (χ4n) is 2.45. The average molecular weight is 376 g/mol. The predicted octanol–water partition coefficient (Wildman–Crippen LogP) is 4.95. The number of benzene rings is 3. The van der Waals surface area contributed by atoms with Gasteiger partial charge in [-0.25, -0.2) is 9.18 Å². The molecule has 0 aliphatic carbocycles. The second-order valence-corrected chi connectivity index (χ2v) is 5.89. The van der Waals surface area contributed by atoms with Crippen LogP contribution in [0, 0.1) is 5.82 Å². The number of halogens is 1. The first-order chi connectivity index (χ1) is 13.5. The molecule has 3 rings (SSSR count). The minimum Gasteiger partial charge on any atom is -0.497 e. The Hall–Kier alpha value is -3.73. The Morgan fingerprint density at radius 3 is 2.21 bits per heavy atom. The van der Waals surface area contributed by atoms with Crippen molar-refractivity contribution in [2.75, 3.05) is 7.11 Å². The second-order valence-electron chi connectivity index (χ2n) is 5.89. The van der Waals surface area contributed by atoms with E-state index in [4.69, 9.17) is 9.47 Å². The molecule has 0 aromatic heterocycles. The lowest BCUT2D eigenvalue weighted by Crippen LogP contribution is -2.08. The van der Waals surface area contributed by atoms with Gasteiger partial charge in [0.15, 0.2) is 5.78 Å². The standard InChI is InChI=1S/C23H17FO4/c1-27-21-4-2-3-16(15-21)5-14-22(25)17-8-12-20(13-9-17)28-23(26)18-6-10-19(24)11-7-18/h2-15H,1H3/b14-5+. The van der Waals surface area contributed by atoms with E-state index in [-0.39, 0.29) is 11.3 Å². The van der Waals surface area contributed by atoms with E-state index in [9.17, 15) is 14.0 Å². The van der Waals surface area contributed by atoms with Crippen molar-refractivity contribution in [3.63, 3.8) is 0 Å². The summed E-state index contributed by atoms with van der Waals surface area (Å²) >= 11 is 0. The third-order valence-corrected chi connectivity index (χ3v) is 3.95. The molecule has 0 radical (unpaired) electrons. The van der Waals surface area contributed by atoms with E-state index in [1.54, 1.807) is 25.3 Å². The third-order valence-electron chi connectivity index (χ3n) is 3.95. The lowest BCUT2D eigenvalue weighted by atomic mass is 10.1. The van der Waals surface area contributed by atoms with E-state index in [1.165, 1.54) is 42.5 Å². The Kier molecular flexibility index (Phi) is 5.97. The molecule has 0 atom stereocenters. The first-order valence-electron chi connectivity index (χ1n) is 8.49. The number of methoxy groups -OCH3 is 1. The van der Waals surface area contributed by atoms with Crippen LogP contribution in [-0.2, 0) is 0 Å². The molecule has 3 aromatic carbocycles. The predicted molar refractivity (Wildman–Crippen MR) is 104 cm³/mol. The Morgan fingerprint density at radius 2 is 1.54 bits per heavy atom. The summed E-state index contributed by atoms with van der Waals surface area (Å²) in [7, 11) is 1.58. The van der Waals surface area contributed by atoms with Gasteiger partial charge in [0, 0.05) is 5.56 Å². The highest BCUT2D eigenvalue weighted by molar-refractivity contribution is 6.06. The van der Waals surface area contributed by atoms with Gasteiger partial charge in [0.2, 0.25) is 0 Å². The summed E-state index contributed by atoms with van der Waals surface area (Å²) in [4.78, 5) is 24.3. The van der Waals surface area contributed by atoms with Crippen LogP contribution < -0.4 is 9.47 Å². The van der Waals surface area contributed by atoms with Crippen LogP contribution in [0.25, 0.3) is 6.08 Å². The van der Waals surface area contributed by atoms with Gasteiger partial charge in [0.1, 0.15) is 17.3 Å². The number of carbonyl (C=O) groups is 2. The molecule has 3 aromatic rings. The highest BCUT2D eigenvalue weighted by Crippen LogP contribution is 2.17. The van der Waals surface area contributed by atoms with Gasteiger partial charge in [0.25, 0.3) is 0 Å². The third kappa shape index (κ3) is 4.92. The molecule has 0 bridgehead atoms. The van der Waals surface area contributed by atoms with E-state index in [2.05, 4.69) is 0 Å². The number of ketones is 1. The minimum atomic E-state index is -0.600. The van der Waals surface area contributed by atoms with Crippen molar-refractivity contribution in [2.45, 2.75) is 0 Å². The number of carbonyl (C=O) groups excluding carboxylic acids is 2. The van der Waals surface area contributed by atoms with Crippen molar-refractivity contribution in [3.05, 3.63) is 101 Å². The van der Waals surface area contributed by atoms with Crippen LogP contribution in [0.4, 0.5) is 4.39 Å². The molecule has 0 fully saturated rings. The van der Waals surface area contributed by atoms with Crippen molar-refractivity contribution in [2.24, 2.45) is 0 Å². The molecule has 0 unspecified atom stereocenters. The summed E-state index contributed by atoms with van der Waals surface area (Å²) in [5, 5.41) is 0. The van der Waals surface area contributed by atoms with Crippen molar-refractivity contribution in [1.82, 2.24) is 0 Å². The van der Waals surface area contributed by atoms with Crippen molar-refractivity contribution < 1.29 is 23.5 Å². The largest absolute Gasteiger partial charge is 0.497 e. The number of esters is 1. The van der Waals surface area contributed by atoms with Gasteiger partial charge in [-0.3, -0.25) is 4.79 Å². The Morgan fingerprint density at radius 1 is 0.857 bits per heavy atom. The SMILES string of the molecule is COc1cccc(/C=C/C(=O)c2ccc(OC(=O)c3ccc(F)cc3)cc2)c1. The molecule has 0 saturated carbocycles. The van der Waals surface area contributed by atoms with Crippen molar-refractivity contribution in [3.8, 4) is 11.5 Å². The molecule has 0 aliphatic rings. The van der Waals surface area contributed by atoms with Crippen LogP contribution >= 0.6 is 0 Å². The number of hydrogen-bond donors (Lipinski definition) is 0. The molecule has 0 heterocycles. The normalized spacial score (nSPS) is 10.6. The number of rotatable bonds is 6. The van der Waals surface area contributed by atoms with Crippen LogP contribution in [0.3, 0.4) is 0 Å². The lowest BCUT2D eigenvalue weighted by Gasteiger charge is -2.05. The summed E-state index contributed by atoms with van der Waals surface area (Å²) in [6.07, 6.45) is 3.17. The molecular weight excluding hydrogens is 359 g/mol. The maximum Gasteiger partial charge on any atom is 0.343 e. The van der Waals surface area contributed by atoms with Gasteiger partial charge in [0.05, 0.1) is 12.7 Å².